The average molecular weight is 643 g/mol. The number of benzene rings is 1. The molecule has 2 aromatic rings. The normalized spacial score (nSPS) is 14.0. The molecule has 0 aliphatic carbocycles. The molecule has 3 amide bonds. The zero-order valence-corrected chi connectivity index (χ0v) is 27.7. The summed E-state index contributed by atoms with van der Waals surface area (Å²) in [4.78, 5) is 54.9. The number of nitrogens with zero attached hydrogens (tertiary/aromatic N) is 2. The minimum absolute atomic E-state index is 0.00596. The predicted octanol–water partition coefficient (Wildman–Crippen LogP) is 4.10. The van der Waals surface area contributed by atoms with Crippen molar-refractivity contribution in [2.45, 2.75) is 72.1 Å². The molecule has 0 radical (unpaired) electrons. The minimum Gasteiger partial charge on any atom is -0.484 e. The molecule has 1 aliphatic rings. The van der Waals surface area contributed by atoms with Crippen LogP contribution in [0.1, 0.15) is 64.7 Å². The highest BCUT2D eigenvalue weighted by molar-refractivity contribution is 5.96. The van der Waals surface area contributed by atoms with Crippen molar-refractivity contribution >= 4 is 23.9 Å². The number of nitrogens with one attached hydrogen (secondary N) is 2. The van der Waals surface area contributed by atoms with Gasteiger partial charge in [-0.2, -0.15) is 0 Å². The van der Waals surface area contributed by atoms with E-state index in [1.54, 1.807) is 41.3 Å². The third-order valence-corrected chi connectivity index (χ3v) is 6.65. The van der Waals surface area contributed by atoms with Crippen LogP contribution < -0.4 is 20.1 Å². The van der Waals surface area contributed by atoms with Crippen LogP contribution in [0.5, 0.6) is 17.4 Å². The number of ether oxygens (including phenoxy) is 5. The molecule has 13 heteroatoms. The van der Waals surface area contributed by atoms with E-state index < -0.39 is 23.5 Å². The fourth-order valence-electron chi connectivity index (χ4n) is 4.17. The molecule has 252 valence electrons. The molecular formula is C33H46N4O9. The lowest BCUT2D eigenvalue weighted by Crippen LogP contribution is -2.56. The van der Waals surface area contributed by atoms with E-state index in [1.165, 1.54) is 13.3 Å². The highest BCUT2D eigenvalue weighted by Crippen LogP contribution is 2.25. The Morgan fingerprint density at radius 3 is 2.37 bits per heavy atom. The van der Waals surface area contributed by atoms with Crippen LogP contribution in [-0.4, -0.2) is 91.5 Å². The Kier molecular flexibility index (Phi) is 12.7. The van der Waals surface area contributed by atoms with Crippen LogP contribution in [0.4, 0.5) is 4.79 Å². The van der Waals surface area contributed by atoms with Crippen molar-refractivity contribution in [3.8, 4) is 17.4 Å². The van der Waals surface area contributed by atoms with Crippen molar-refractivity contribution in [1.29, 1.82) is 0 Å². The second-order valence-corrected chi connectivity index (χ2v) is 13.1. The number of carbonyl (C=O) groups excluding carboxylic acids is 4. The topological polar surface area (TPSA) is 155 Å². The summed E-state index contributed by atoms with van der Waals surface area (Å²) < 4.78 is 27.2. The summed E-state index contributed by atoms with van der Waals surface area (Å²) >= 11 is 0. The van der Waals surface area contributed by atoms with Gasteiger partial charge in [0.05, 0.1) is 38.5 Å². The largest absolute Gasteiger partial charge is 0.484 e. The molecule has 0 spiro atoms. The van der Waals surface area contributed by atoms with E-state index in [2.05, 4.69) is 36.4 Å². The second kappa shape index (κ2) is 16.3. The Bertz CT molecular complexity index is 1330. The highest BCUT2D eigenvalue weighted by Gasteiger charge is 2.34. The van der Waals surface area contributed by atoms with Crippen molar-refractivity contribution < 1.29 is 42.9 Å². The van der Waals surface area contributed by atoms with Crippen LogP contribution in [0, 0.1) is 5.41 Å². The summed E-state index contributed by atoms with van der Waals surface area (Å²) in [5.74, 6) is -0.189. The van der Waals surface area contributed by atoms with Gasteiger partial charge in [0.25, 0.3) is 11.8 Å². The molecule has 0 unspecified atom stereocenters. The van der Waals surface area contributed by atoms with Crippen LogP contribution in [0.2, 0.25) is 0 Å². The van der Waals surface area contributed by atoms with E-state index in [0.29, 0.717) is 44.2 Å². The molecule has 1 saturated heterocycles. The zero-order chi connectivity index (χ0) is 33.9. The van der Waals surface area contributed by atoms with Crippen LogP contribution >= 0.6 is 0 Å². The predicted molar refractivity (Wildman–Crippen MR) is 169 cm³/mol. The van der Waals surface area contributed by atoms with Crippen LogP contribution in [0.15, 0.2) is 42.6 Å². The summed E-state index contributed by atoms with van der Waals surface area (Å²) in [6.45, 7) is 12.9. The van der Waals surface area contributed by atoms with Gasteiger partial charge in [0, 0.05) is 24.9 Å². The molecule has 2 N–H and O–H groups in total. The highest BCUT2D eigenvalue weighted by atomic mass is 16.6. The van der Waals surface area contributed by atoms with Gasteiger partial charge in [-0.05, 0) is 57.2 Å². The van der Waals surface area contributed by atoms with Crippen molar-refractivity contribution in [2.24, 2.45) is 5.41 Å². The van der Waals surface area contributed by atoms with Gasteiger partial charge in [-0.3, -0.25) is 9.59 Å². The number of amides is 3. The Hall–Kier alpha value is -4.39. The molecule has 1 aromatic heterocycles. The summed E-state index contributed by atoms with van der Waals surface area (Å²) in [6, 6.07) is 9.04. The maximum absolute atomic E-state index is 12.8. The molecular weight excluding hydrogens is 596 g/mol. The molecule has 46 heavy (non-hydrogen) atoms. The first kappa shape index (κ1) is 36.1. The van der Waals surface area contributed by atoms with Crippen molar-refractivity contribution in [3.63, 3.8) is 0 Å². The first-order valence-electron chi connectivity index (χ1n) is 15.2. The van der Waals surface area contributed by atoms with Crippen molar-refractivity contribution in [2.75, 3.05) is 40.0 Å². The lowest BCUT2D eigenvalue weighted by Gasteiger charge is -2.39. The Labute approximate surface area is 270 Å². The summed E-state index contributed by atoms with van der Waals surface area (Å²) in [5.41, 5.74) is -0.283. The maximum atomic E-state index is 12.8. The Morgan fingerprint density at radius 1 is 1.02 bits per heavy atom. The van der Waals surface area contributed by atoms with Gasteiger partial charge in [0.2, 0.25) is 5.88 Å². The first-order valence-corrected chi connectivity index (χ1v) is 15.2. The molecule has 2 heterocycles. The summed E-state index contributed by atoms with van der Waals surface area (Å²) in [7, 11) is 1.29. The van der Waals surface area contributed by atoms with Gasteiger partial charge in [-0.25, -0.2) is 14.6 Å². The van der Waals surface area contributed by atoms with E-state index in [9.17, 15) is 19.2 Å². The monoisotopic (exact) mass is 642 g/mol. The number of carbonyl (C=O) groups is 4. The SMILES string of the molecule is COC(=O)[C@H](CCC(C)(C)C)NC(=O)c1ccc(Oc2cccc(OCC(=O)NCCOC3CN(C(=O)OC(C)(C)C)C3)c2)nc1. The van der Waals surface area contributed by atoms with Crippen LogP contribution in [0.25, 0.3) is 0 Å². The number of rotatable bonds is 14. The number of esters is 1. The molecule has 13 nitrogen and oxygen atoms in total. The van der Waals surface area contributed by atoms with Gasteiger partial charge >= 0.3 is 12.1 Å². The standard InChI is InChI=1S/C33H46N4O9/c1-32(2,3)14-13-26(30(40)42-7)36-29(39)22-11-12-28(35-18-22)45-24-10-8-9-23(17-24)44-21-27(38)34-15-16-43-25-19-37(20-25)31(41)46-33(4,5)6/h8-12,17-18,25-26H,13-16,19-21H2,1-7H3,(H,34,38)(H,36,39)/t26-/m0/s1. The summed E-state index contributed by atoms with van der Waals surface area (Å²) in [6.07, 6.45) is 2.08. The third-order valence-electron chi connectivity index (χ3n) is 6.65. The van der Waals surface area contributed by atoms with Crippen molar-refractivity contribution in [1.82, 2.24) is 20.5 Å². The second-order valence-electron chi connectivity index (χ2n) is 13.1. The average Bonchev–Trinajstić information content (AvgIpc) is 2.95. The molecule has 1 aliphatic heterocycles. The van der Waals surface area contributed by atoms with Gasteiger partial charge in [-0.1, -0.05) is 26.8 Å². The van der Waals surface area contributed by atoms with Gasteiger partial charge in [-0.15, -0.1) is 0 Å². The number of likely N-dealkylation sites (tertiary alicyclic amines) is 1. The molecule has 3 rings (SSSR count). The quantitative estimate of drug-likeness (QED) is 0.227. The maximum Gasteiger partial charge on any atom is 0.410 e. The van der Waals surface area contributed by atoms with E-state index in [-0.39, 0.29) is 41.6 Å². The molecule has 1 atom stereocenters. The fraction of sp³-hybridized carbons (Fsp3) is 0.545. The lowest BCUT2D eigenvalue weighted by atomic mass is 9.88. The van der Waals surface area contributed by atoms with Crippen LogP contribution in [-0.2, 0) is 23.8 Å². The first-order chi connectivity index (χ1) is 21.6. The van der Waals surface area contributed by atoms with Gasteiger partial charge < -0.3 is 39.2 Å². The van der Waals surface area contributed by atoms with E-state index in [4.69, 9.17) is 23.7 Å². The number of hydrogen-bond donors (Lipinski definition) is 2. The molecule has 0 saturated carbocycles. The molecule has 1 aromatic carbocycles. The zero-order valence-electron chi connectivity index (χ0n) is 27.7. The van der Waals surface area contributed by atoms with Crippen LogP contribution in [0.3, 0.4) is 0 Å². The summed E-state index contributed by atoms with van der Waals surface area (Å²) in [5, 5.41) is 5.46. The van der Waals surface area contributed by atoms with E-state index in [1.807, 2.05) is 20.8 Å². The Balaban J connectivity index is 1.38. The molecule has 0 bridgehead atoms. The number of methoxy groups -OCH3 is 1. The number of pyridine rings is 1. The third kappa shape index (κ3) is 12.5. The number of hydrogen-bond acceptors (Lipinski definition) is 10. The Morgan fingerprint density at radius 2 is 1.74 bits per heavy atom. The van der Waals surface area contributed by atoms with E-state index >= 15 is 0 Å². The van der Waals surface area contributed by atoms with Gasteiger partial charge in [0.15, 0.2) is 6.61 Å². The van der Waals surface area contributed by atoms with E-state index in [0.717, 1.165) is 6.42 Å². The van der Waals surface area contributed by atoms with Crippen molar-refractivity contribution in [3.05, 3.63) is 48.2 Å². The number of aromatic nitrogens is 1. The smallest absolute Gasteiger partial charge is 0.410 e. The molecule has 1 fully saturated rings. The minimum atomic E-state index is -0.767. The lowest BCUT2D eigenvalue weighted by molar-refractivity contribution is -0.143. The fourth-order valence-corrected chi connectivity index (χ4v) is 4.17. The van der Waals surface area contributed by atoms with Gasteiger partial charge in [0.1, 0.15) is 23.1 Å².